The Morgan fingerprint density at radius 3 is 2.54 bits per heavy atom. The third-order valence-corrected chi connectivity index (χ3v) is 4.63. The van der Waals surface area contributed by atoms with Crippen LogP contribution in [0.2, 0.25) is 0 Å². The molecule has 0 spiro atoms. The zero-order chi connectivity index (χ0) is 20.5. The molecule has 0 radical (unpaired) electrons. The Kier molecular flexibility index (Phi) is 4.87. The quantitative estimate of drug-likeness (QED) is 0.327. The number of nitrogens with zero attached hydrogens (tertiary/aromatic N) is 1. The lowest BCUT2D eigenvalue weighted by Crippen LogP contribution is -2.54. The third kappa shape index (κ3) is 2.79. The molecular weight excluding hydrogens is 366 g/mol. The molecule has 0 aromatic heterocycles. The summed E-state index contributed by atoms with van der Waals surface area (Å²) >= 11 is 0. The van der Waals surface area contributed by atoms with Crippen LogP contribution in [0.15, 0.2) is 60.8 Å². The van der Waals surface area contributed by atoms with Gasteiger partial charge in [0.2, 0.25) is 5.78 Å². The van der Waals surface area contributed by atoms with Crippen molar-refractivity contribution in [1.29, 1.82) is 0 Å². The number of ether oxygens (including phenoxy) is 3. The maximum absolute atomic E-state index is 13.3. The number of fused-ring (bicyclic) bond motifs is 1. The molecule has 144 valence electrons. The van der Waals surface area contributed by atoms with E-state index in [4.69, 9.17) is 14.2 Å². The molecule has 0 aliphatic carbocycles. The standard InChI is InChI=1S/C20H17NO7/c1-12(21(24)25)17(13-7-6-8-14(11-13)26-2)20(19(23)27-3)18(22)15-9-4-5-10-16(15)28-20/h4-11,17H,1H2,2-3H3/t17-,20-/m1/s1. The van der Waals surface area contributed by atoms with Crippen LogP contribution in [0.1, 0.15) is 21.8 Å². The second-order valence-electron chi connectivity index (χ2n) is 6.11. The summed E-state index contributed by atoms with van der Waals surface area (Å²) in [5.74, 6) is -2.69. The highest BCUT2D eigenvalue weighted by Gasteiger charge is 2.64. The predicted molar refractivity (Wildman–Crippen MR) is 98.0 cm³/mol. The number of esters is 1. The van der Waals surface area contributed by atoms with E-state index in [1.807, 2.05) is 0 Å². The average Bonchev–Trinajstić information content (AvgIpc) is 3.01. The highest BCUT2D eigenvalue weighted by molar-refractivity contribution is 6.20. The van der Waals surface area contributed by atoms with Gasteiger partial charge in [0, 0.05) is 0 Å². The van der Waals surface area contributed by atoms with Crippen LogP contribution in [0.5, 0.6) is 11.5 Å². The fourth-order valence-electron chi connectivity index (χ4n) is 3.35. The van der Waals surface area contributed by atoms with E-state index in [1.165, 1.54) is 31.4 Å². The van der Waals surface area contributed by atoms with Crippen molar-refractivity contribution >= 4 is 11.8 Å². The molecule has 0 fully saturated rings. The van der Waals surface area contributed by atoms with E-state index in [2.05, 4.69) is 6.58 Å². The Bertz CT molecular complexity index is 984. The van der Waals surface area contributed by atoms with E-state index in [1.54, 1.807) is 24.3 Å². The van der Waals surface area contributed by atoms with Crippen molar-refractivity contribution < 1.29 is 28.7 Å². The molecule has 0 saturated heterocycles. The number of benzene rings is 2. The molecular formula is C20H17NO7. The Morgan fingerprint density at radius 2 is 1.93 bits per heavy atom. The molecule has 2 atom stereocenters. The number of carbonyl (C=O) groups excluding carboxylic acids is 2. The van der Waals surface area contributed by atoms with E-state index in [9.17, 15) is 19.7 Å². The first kappa shape index (κ1) is 19.1. The first-order valence-corrected chi connectivity index (χ1v) is 8.25. The lowest BCUT2D eigenvalue weighted by atomic mass is 9.76. The van der Waals surface area contributed by atoms with E-state index < -0.39 is 33.9 Å². The van der Waals surface area contributed by atoms with Gasteiger partial charge in [-0.05, 0) is 36.4 Å². The number of rotatable bonds is 6. The fourth-order valence-corrected chi connectivity index (χ4v) is 3.35. The van der Waals surface area contributed by atoms with Crippen LogP contribution in [0, 0.1) is 10.1 Å². The smallest absolute Gasteiger partial charge is 0.359 e. The van der Waals surface area contributed by atoms with Gasteiger partial charge in [-0.1, -0.05) is 24.3 Å². The number of para-hydroxylation sites is 1. The van der Waals surface area contributed by atoms with Crippen molar-refractivity contribution in [2.45, 2.75) is 11.5 Å². The zero-order valence-electron chi connectivity index (χ0n) is 15.2. The maximum atomic E-state index is 13.3. The highest BCUT2D eigenvalue weighted by Crippen LogP contribution is 2.47. The Morgan fingerprint density at radius 1 is 1.21 bits per heavy atom. The monoisotopic (exact) mass is 383 g/mol. The van der Waals surface area contributed by atoms with Crippen LogP contribution in [0.4, 0.5) is 0 Å². The number of hydrogen-bond donors (Lipinski definition) is 0. The summed E-state index contributed by atoms with van der Waals surface area (Å²) in [7, 11) is 2.51. The van der Waals surface area contributed by atoms with Crippen LogP contribution in [0.3, 0.4) is 0 Å². The fraction of sp³-hybridized carbons (Fsp3) is 0.200. The van der Waals surface area contributed by atoms with E-state index in [-0.39, 0.29) is 16.9 Å². The van der Waals surface area contributed by atoms with Crippen LogP contribution >= 0.6 is 0 Å². The predicted octanol–water partition coefficient (Wildman–Crippen LogP) is 2.76. The molecule has 8 nitrogen and oxygen atoms in total. The molecule has 3 rings (SSSR count). The van der Waals surface area contributed by atoms with Gasteiger partial charge in [0.15, 0.2) is 0 Å². The van der Waals surface area contributed by atoms with Gasteiger partial charge in [0.25, 0.3) is 11.3 Å². The van der Waals surface area contributed by atoms with E-state index in [0.29, 0.717) is 5.75 Å². The van der Waals surface area contributed by atoms with Crippen molar-refractivity contribution in [3.05, 3.63) is 82.0 Å². The van der Waals surface area contributed by atoms with Crippen LogP contribution in [-0.4, -0.2) is 36.5 Å². The molecule has 2 aromatic carbocycles. The Labute approximate surface area is 160 Å². The summed E-state index contributed by atoms with van der Waals surface area (Å²) in [6.45, 7) is 3.51. The Balaban J connectivity index is 2.28. The largest absolute Gasteiger partial charge is 0.497 e. The van der Waals surface area contributed by atoms with Crippen LogP contribution in [0.25, 0.3) is 0 Å². The number of hydrogen-bond acceptors (Lipinski definition) is 7. The molecule has 0 saturated carbocycles. The van der Waals surface area contributed by atoms with E-state index >= 15 is 0 Å². The molecule has 0 amide bonds. The van der Waals surface area contributed by atoms with Gasteiger partial charge >= 0.3 is 5.97 Å². The van der Waals surface area contributed by atoms with Gasteiger partial charge in [-0.25, -0.2) is 4.79 Å². The maximum Gasteiger partial charge on any atom is 0.359 e. The van der Waals surface area contributed by atoms with E-state index in [0.717, 1.165) is 7.11 Å². The van der Waals surface area contributed by atoms with Gasteiger partial charge in [-0.2, -0.15) is 0 Å². The topological polar surface area (TPSA) is 105 Å². The number of ketones is 1. The van der Waals surface area contributed by atoms with Gasteiger partial charge in [-0.3, -0.25) is 14.9 Å². The van der Waals surface area contributed by atoms with Crippen molar-refractivity contribution in [1.82, 2.24) is 0 Å². The Hall–Kier alpha value is -3.68. The summed E-state index contributed by atoms with van der Waals surface area (Å²) in [5, 5.41) is 11.6. The summed E-state index contributed by atoms with van der Waals surface area (Å²) in [4.78, 5) is 37.0. The molecule has 0 bridgehead atoms. The lowest BCUT2D eigenvalue weighted by Gasteiger charge is -2.31. The lowest BCUT2D eigenvalue weighted by molar-refractivity contribution is -0.431. The normalized spacial score (nSPS) is 18.6. The van der Waals surface area contributed by atoms with Gasteiger partial charge in [-0.15, -0.1) is 0 Å². The number of methoxy groups -OCH3 is 2. The number of Topliss-reactive ketones (excluding diaryl/α,β-unsaturated/α-hetero) is 1. The average molecular weight is 383 g/mol. The number of carbonyl (C=O) groups is 2. The third-order valence-electron chi connectivity index (χ3n) is 4.63. The van der Waals surface area contributed by atoms with Crippen LogP contribution < -0.4 is 9.47 Å². The van der Waals surface area contributed by atoms with Gasteiger partial charge in [0.1, 0.15) is 17.4 Å². The summed E-state index contributed by atoms with van der Waals surface area (Å²) < 4.78 is 15.8. The SMILES string of the molecule is C=C([C@H](c1cccc(OC)c1)[C@@]1(C(=O)OC)Oc2ccccc2C1=O)[N+](=O)[O-]. The second kappa shape index (κ2) is 7.15. The summed E-state index contributed by atoms with van der Waals surface area (Å²) in [5.41, 5.74) is -2.50. The van der Waals surface area contributed by atoms with Crippen molar-refractivity contribution in [2.75, 3.05) is 14.2 Å². The molecule has 0 unspecified atom stereocenters. The zero-order valence-corrected chi connectivity index (χ0v) is 15.2. The molecule has 2 aromatic rings. The minimum Gasteiger partial charge on any atom is -0.497 e. The molecule has 8 heteroatoms. The molecule has 1 aliphatic rings. The molecule has 28 heavy (non-hydrogen) atoms. The number of nitro groups is 1. The van der Waals surface area contributed by atoms with Crippen LogP contribution in [-0.2, 0) is 9.53 Å². The highest BCUT2D eigenvalue weighted by atomic mass is 16.6. The van der Waals surface area contributed by atoms with Crippen molar-refractivity contribution in [2.24, 2.45) is 0 Å². The molecule has 1 aliphatic heterocycles. The molecule has 0 N–H and O–H groups in total. The second-order valence-corrected chi connectivity index (χ2v) is 6.11. The van der Waals surface area contributed by atoms with Gasteiger partial charge < -0.3 is 14.2 Å². The minimum absolute atomic E-state index is 0.136. The van der Waals surface area contributed by atoms with Crippen molar-refractivity contribution in [3.8, 4) is 11.5 Å². The first-order chi connectivity index (χ1) is 13.4. The molecule has 1 heterocycles. The summed E-state index contributed by atoms with van der Waals surface area (Å²) in [6.07, 6.45) is 0. The van der Waals surface area contributed by atoms with Crippen molar-refractivity contribution in [3.63, 3.8) is 0 Å². The van der Waals surface area contributed by atoms with Gasteiger partial charge in [0.05, 0.1) is 24.7 Å². The summed E-state index contributed by atoms with van der Waals surface area (Å²) in [6, 6.07) is 12.5. The first-order valence-electron chi connectivity index (χ1n) is 8.25. The minimum atomic E-state index is -2.31.